The van der Waals surface area contributed by atoms with Crippen molar-refractivity contribution in [2.75, 3.05) is 13.7 Å². The molecule has 0 spiro atoms. The lowest BCUT2D eigenvalue weighted by atomic mass is 10.2. The van der Waals surface area contributed by atoms with Crippen LogP contribution in [0.2, 0.25) is 0 Å². The van der Waals surface area contributed by atoms with E-state index in [0.29, 0.717) is 6.61 Å². The fourth-order valence-electron chi connectivity index (χ4n) is 0.382. The second-order valence-corrected chi connectivity index (χ2v) is 2.55. The third-order valence-electron chi connectivity index (χ3n) is 0.811. The average Bonchev–Trinajstić information content (AvgIpc) is 1.67. The lowest BCUT2D eigenvalue weighted by Crippen LogP contribution is -2.28. The molecule has 0 rings (SSSR count). The van der Waals surface area contributed by atoms with Gasteiger partial charge in [-0.25, -0.2) is 0 Å². The van der Waals surface area contributed by atoms with Crippen LogP contribution in [0.5, 0.6) is 0 Å². The fraction of sp³-hybridized carbons (Fsp3) is 1.00. The van der Waals surface area contributed by atoms with Crippen LogP contribution in [0.1, 0.15) is 13.8 Å². The summed E-state index contributed by atoms with van der Waals surface area (Å²) >= 11 is 2.22. The Bertz CT molecular complexity index is 63.4. The van der Waals surface area contributed by atoms with Gasteiger partial charge in [0.1, 0.15) is 0 Å². The minimum atomic E-state index is -0.167. The molecule has 8 heavy (non-hydrogen) atoms. The second kappa shape index (κ2) is 3.47. The number of rotatable bonds is 3. The van der Waals surface area contributed by atoms with Crippen LogP contribution in [0.3, 0.4) is 0 Å². The van der Waals surface area contributed by atoms with E-state index in [2.05, 4.69) is 16.6 Å². The molecular weight excluding hydrogens is 119 g/mol. The largest absolute Gasteiger partial charge is 0.510 e. The van der Waals surface area contributed by atoms with Gasteiger partial charge in [0.05, 0.1) is 12.2 Å². The molecule has 0 unspecified atom stereocenters. The Morgan fingerprint density at radius 1 is 1.50 bits per heavy atom. The topological polar surface area (TPSA) is 18.5 Å². The van der Waals surface area contributed by atoms with Crippen molar-refractivity contribution in [2.24, 2.45) is 0 Å². The molecule has 46 valence electrons. The van der Waals surface area contributed by atoms with Gasteiger partial charge >= 0.3 is 16.6 Å². The van der Waals surface area contributed by atoms with Gasteiger partial charge in [0.2, 0.25) is 0 Å². The molecule has 0 aliphatic rings. The summed E-state index contributed by atoms with van der Waals surface area (Å²) in [5, 5.41) is 0. The summed E-state index contributed by atoms with van der Waals surface area (Å²) in [6.45, 7) is 4.55. The van der Waals surface area contributed by atoms with E-state index in [-0.39, 0.29) is 5.60 Å². The van der Waals surface area contributed by atoms with Gasteiger partial charge in [-0.1, -0.05) is 0 Å². The summed E-state index contributed by atoms with van der Waals surface area (Å²) in [4.78, 5) is 0. The van der Waals surface area contributed by atoms with Gasteiger partial charge in [0.15, 0.2) is 0 Å². The van der Waals surface area contributed by atoms with E-state index >= 15 is 0 Å². The molecule has 0 aromatic rings. The fourth-order valence-corrected chi connectivity index (χ4v) is 0.450. The maximum absolute atomic E-state index is 4.97. The molecule has 3 heteroatoms. The molecule has 2 radical (unpaired) electrons. The molecule has 0 aromatic carbocycles. The Balaban J connectivity index is 3.37. The maximum atomic E-state index is 4.97. The molecule has 0 aliphatic heterocycles. The highest BCUT2D eigenvalue weighted by atomic mass is 27.1. The predicted octanol–water partition coefficient (Wildman–Crippen LogP) is 0.512. The Morgan fingerprint density at radius 2 is 2.00 bits per heavy atom. The van der Waals surface area contributed by atoms with E-state index in [1.54, 1.807) is 7.11 Å². The quantitative estimate of drug-likeness (QED) is 0.518. The van der Waals surface area contributed by atoms with E-state index in [0.717, 1.165) is 0 Å². The van der Waals surface area contributed by atoms with Crippen LogP contribution in [0.4, 0.5) is 0 Å². The smallest absolute Gasteiger partial charge is 0.370 e. The average molecular weight is 130 g/mol. The monoisotopic (exact) mass is 130 g/mol. The molecule has 0 amide bonds. The lowest BCUT2D eigenvalue weighted by molar-refractivity contribution is 0.0242. The van der Waals surface area contributed by atoms with E-state index < -0.39 is 0 Å². The predicted molar refractivity (Wildman–Crippen MR) is 32.8 cm³/mol. The van der Waals surface area contributed by atoms with Gasteiger partial charge in [-0.15, -0.1) is 0 Å². The molecule has 0 saturated carbocycles. The second-order valence-electron chi connectivity index (χ2n) is 2.31. The van der Waals surface area contributed by atoms with E-state index in [1.807, 2.05) is 13.8 Å². The van der Waals surface area contributed by atoms with Gasteiger partial charge in [-0.05, 0) is 13.8 Å². The SMILES string of the molecule is COCC(C)(C)[O][Al]. The van der Waals surface area contributed by atoms with Crippen molar-refractivity contribution < 1.29 is 8.53 Å². The minimum Gasteiger partial charge on any atom is -0.510 e. The first-order valence-electron chi connectivity index (χ1n) is 2.49. The van der Waals surface area contributed by atoms with Crippen LogP contribution in [0, 0.1) is 0 Å². The molecule has 0 bridgehead atoms. The van der Waals surface area contributed by atoms with Crippen molar-refractivity contribution in [3.63, 3.8) is 0 Å². The Morgan fingerprint density at radius 3 is 2.12 bits per heavy atom. The third kappa shape index (κ3) is 3.45. The van der Waals surface area contributed by atoms with Crippen molar-refractivity contribution in [3.05, 3.63) is 0 Å². The number of methoxy groups -OCH3 is 1. The van der Waals surface area contributed by atoms with Crippen LogP contribution in [0.15, 0.2) is 0 Å². The molecule has 0 aromatic heterocycles. The zero-order chi connectivity index (χ0) is 6.62. The van der Waals surface area contributed by atoms with Crippen LogP contribution >= 0.6 is 0 Å². The standard InChI is InChI=1S/C5H11O2.Al/c1-5(2,6)4-7-3;/h4H2,1-3H3;/q-1;+1. The summed E-state index contributed by atoms with van der Waals surface area (Å²) in [6.07, 6.45) is 0. The highest BCUT2D eigenvalue weighted by Gasteiger charge is 2.12. The van der Waals surface area contributed by atoms with Crippen LogP contribution < -0.4 is 0 Å². The first-order chi connectivity index (χ1) is 3.62. The summed E-state index contributed by atoms with van der Waals surface area (Å²) in [5.74, 6) is 0. The number of hydrogen-bond acceptors (Lipinski definition) is 2. The number of ether oxygens (including phenoxy) is 1. The lowest BCUT2D eigenvalue weighted by Gasteiger charge is -2.23. The third-order valence-corrected chi connectivity index (χ3v) is 1.45. The first kappa shape index (κ1) is 8.45. The summed E-state index contributed by atoms with van der Waals surface area (Å²) < 4.78 is 9.83. The molecular formula is C5H11AlO2. The normalized spacial score (nSPS) is 11.9. The van der Waals surface area contributed by atoms with Gasteiger partial charge in [0.25, 0.3) is 0 Å². The van der Waals surface area contributed by atoms with Crippen LogP contribution in [0.25, 0.3) is 0 Å². The summed E-state index contributed by atoms with van der Waals surface area (Å²) in [7, 11) is 1.66. The molecule has 0 aliphatic carbocycles. The van der Waals surface area contributed by atoms with Gasteiger partial charge < -0.3 is 8.53 Å². The van der Waals surface area contributed by atoms with Gasteiger partial charge in [-0.2, -0.15) is 0 Å². The molecule has 0 fully saturated rings. The zero-order valence-corrected chi connectivity index (χ0v) is 6.76. The van der Waals surface area contributed by atoms with Gasteiger partial charge in [0, 0.05) is 7.11 Å². The van der Waals surface area contributed by atoms with Crippen molar-refractivity contribution in [2.45, 2.75) is 19.4 Å². The Kier molecular flexibility index (Phi) is 3.67. The zero-order valence-electron chi connectivity index (χ0n) is 5.60. The van der Waals surface area contributed by atoms with Crippen molar-refractivity contribution >= 4 is 16.6 Å². The van der Waals surface area contributed by atoms with Crippen molar-refractivity contribution in [1.82, 2.24) is 0 Å². The summed E-state index contributed by atoms with van der Waals surface area (Å²) in [5.41, 5.74) is -0.167. The van der Waals surface area contributed by atoms with E-state index in [9.17, 15) is 0 Å². The number of hydrogen-bond donors (Lipinski definition) is 0. The Labute approximate surface area is 58.9 Å². The van der Waals surface area contributed by atoms with Crippen molar-refractivity contribution in [1.29, 1.82) is 0 Å². The van der Waals surface area contributed by atoms with E-state index in [4.69, 9.17) is 8.53 Å². The summed E-state index contributed by atoms with van der Waals surface area (Å²) in [6, 6.07) is 0. The minimum absolute atomic E-state index is 0.167. The highest BCUT2D eigenvalue weighted by molar-refractivity contribution is 5.98. The molecule has 0 N–H and O–H groups in total. The van der Waals surface area contributed by atoms with Crippen LogP contribution in [-0.2, 0) is 8.53 Å². The highest BCUT2D eigenvalue weighted by Crippen LogP contribution is 2.05. The van der Waals surface area contributed by atoms with Crippen molar-refractivity contribution in [3.8, 4) is 0 Å². The molecule has 2 nitrogen and oxygen atoms in total. The first-order valence-corrected chi connectivity index (χ1v) is 2.96. The van der Waals surface area contributed by atoms with Crippen LogP contribution in [-0.4, -0.2) is 35.9 Å². The maximum Gasteiger partial charge on any atom is 0.370 e. The molecule has 0 saturated heterocycles. The molecule has 0 heterocycles. The van der Waals surface area contributed by atoms with E-state index in [1.165, 1.54) is 0 Å². The Hall–Kier alpha value is 0.452. The van der Waals surface area contributed by atoms with Gasteiger partial charge in [-0.3, -0.25) is 0 Å². The molecule has 0 atom stereocenters.